The van der Waals surface area contributed by atoms with Crippen molar-refractivity contribution in [2.45, 2.75) is 11.8 Å². The van der Waals surface area contributed by atoms with Crippen LogP contribution in [-0.4, -0.2) is 42.3 Å². The fourth-order valence-electron chi connectivity index (χ4n) is 1.53. The molecule has 0 amide bonds. The molecule has 0 fully saturated rings. The topological polar surface area (TPSA) is 118 Å². The molecular formula is C11H13FN2O6S. The number of carboxylic acids is 1. The fraction of sp³-hybridized carbons (Fsp3) is 0.364. The monoisotopic (exact) mass is 320 g/mol. The summed E-state index contributed by atoms with van der Waals surface area (Å²) in [7, 11) is -3.29. The van der Waals surface area contributed by atoms with Gasteiger partial charge in [0.05, 0.1) is 10.8 Å². The quantitative estimate of drug-likeness (QED) is 0.619. The lowest BCUT2D eigenvalue weighted by atomic mass is 10.2. The average molecular weight is 320 g/mol. The van der Waals surface area contributed by atoms with Crippen LogP contribution < -0.4 is 0 Å². The Balaban J connectivity index is 3.21. The van der Waals surface area contributed by atoms with Crippen LogP contribution in [0.25, 0.3) is 0 Å². The third kappa shape index (κ3) is 3.73. The minimum atomic E-state index is -4.36. The third-order valence-electron chi connectivity index (χ3n) is 2.77. The molecule has 0 aliphatic rings. The first-order chi connectivity index (χ1) is 9.57. The summed E-state index contributed by atoms with van der Waals surface area (Å²) in [6.45, 7) is 0.901. The van der Waals surface area contributed by atoms with Gasteiger partial charge in [-0.1, -0.05) is 6.92 Å². The Kier molecular flexibility index (Phi) is 4.97. The molecule has 10 heteroatoms. The second-order valence-corrected chi connectivity index (χ2v) is 6.41. The van der Waals surface area contributed by atoms with Crippen molar-refractivity contribution in [1.82, 2.24) is 4.31 Å². The molecule has 116 valence electrons. The average Bonchev–Trinajstić information content (AvgIpc) is 2.38. The number of rotatable bonds is 6. The highest BCUT2D eigenvalue weighted by Gasteiger charge is 2.29. The molecule has 0 spiro atoms. The lowest BCUT2D eigenvalue weighted by molar-refractivity contribution is -0.385. The zero-order chi connectivity index (χ0) is 16.4. The lowest BCUT2D eigenvalue weighted by Gasteiger charge is -2.19. The van der Waals surface area contributed by atoms with E-state index in [1.165, 1.54) is 6.92 Å². The van der Waals surface area contributed by atoms with E-state index in [1.807, 2.05) is 0 Å². The predicted molar refractivity (Wildman–Crippen MR) is 69.7 cm³/mol. The summed E-state index contributed by atoms with van der Waals surface area (Å²) in [5.41, 5.74) is -0.574. The number of nitro groups is 1. The van der Waals surface area contributed by atoms with E-state index < -0.39 is 43.2 Å². The first-order valence-corrected chi connectivity index (χ1v) is 7.14. The molecule has 1 aromatic rings. The van der Waals surface area contributed by atoms with Crippen LogP contribution in [0.2, 0.25) is 0 Å². The SMILES string of the molecule is CC(CN(C)S(=O)(=O)c1cc([N+](=O)[O-])ccc1F)C(=O)O. The van der Waals surface area contributed by atoms with Crippen molar-refractivity contribution < 1.29 is 27.6 Å². The number of nitrogens with zero attached hydrogens (tertiary/aromatic N) is 2. The highest BCUT2D eigenvalue weighted by molar-refractivity contribution is 7.89. The van der Waals surface area contributed by atoms with Crippen LogP contribution in [0.5, 0.6) is 0 Å². The molecule has 0 aliphatic carbocycles. The van der Waals surface area contributed by atoms with Gasteiger partial charge in [0.25, 0.3) is 5.69 Å². The highest BCUT2D eigenvalue weighted by atomic mass is 32.2. The van der Waals surface area contributed by atoms with E-state index in [0.717, 1.165) is 13.1 Å². The summed E-state index contributed by atoms with van der Waals surface area (Å²) >= 11 is 0. The second kappa shape index (κ2) is 6.14. The maximum atomic E-state index is 13.6. The molecule has 1 aromatic carbocycles. The number of nitro benzene ring substituents is 1. The number of sulfonamides is 1. The van der Waals surface area contributed by atoms with Crippen molar-refractivity contribution in [1.29, 1.82) is 0 Å². The van der Waals surface area contributed by atoms with Gasteiger partial charge in [0.1, 0.15) is 10.7 Å². The van der Waals surface area contributed by atoms with Crippen molar-refractivity contribution >= 4 is 21.7 Å². The van der Waals surface area contributed by atoms with Gasteiger partial charge in [-0.15, -0.1) is 0 Å². The third-order valence-corrected chi connectivity index (χ3v) is 4.60. The van der Waals surface area contributed by atoms with Gasteiger partial charge in [-0.3, -0.25) is 14.9 Å². The van der Waals surface area contributed by atoms with E-state index >= 15 is 0 Å². The second-order valence-electron chi connectivity index (χ2n) is 4.40. The minimum Gasteiger partial charge on any atom is -0.481 e. The summed E-state index contributed by atoms with van der Waals surface area (Å²) < 4.78 is 38.6. The van der Waals surface area contributed by atoms with Gasteiger partial charge in [-0.05, 0) is 6.07 Å². The number of hydrogen-bond acceptors (Lipinski definition) is 5. The normalized spacial score (nSPS) is 13.1. The molecular weight excluding hydrogens is 307 g/mol. The summed E-state index contributed by atoms with van der Waals surface area (Å²) in [6.07, 6.45) is 0. The Bertz CT molecular complexity index is 675. The first kappa shape index (κ1) is 17.0. The zero-order valence-electron chi connectivity index (χ0n) is 11.2. The molecule has 1 N–H and O–H groups in total. The van der Waals surface area contributed by atoms with Crippen LogP contribution in [0.1, 0.15) is 6.92 Å². The van der Waals surface area contributed by atoms with Gasteiger partial charge in [-0.25, -0.2) is 12.8 Å². The van der Waals surface area contributed by atoms with Crippen LogP contribution in [0.15, 0.2) is 23.1 Å². The van der Waals surface area contributed by atoms with Crippen molar-refractivity contribution in [3.63, 3.8) is 0 Å². The number of benzene rings is 1. The summed E-state index contributed by atoms with van der Waals surface area (Å²) in [5, 5.41) is 19.4. The van der Waals surface area contributed by atoms with Crippen LogP contribution in [-0.2, 0) is 14.8 Å². The largest absolute Gasteiger partial charge is 0.481 e. The Hall–Kier alpha value is -2.07. The lowest BCUT2D eigenvalue weighted by Crippen LogP contribution is -2.34. The van der Waals surface area contributed by atoms with Gasteiger partial charge in [-0.2, -0.15) is 4.31 Å². The molecule has 0 radical (unpaired) electrons. The van der Waals surface area contributed by atoms with E-state index in [0.29, 0.717) is 16.4 Å². The number of halogens is 1. The van der Waals surface area contributed by atoms with E-state index in [2.05, 4.69) is 0 Å². The predicted octanol–water partition coefficient (Wildman–Crippen LogP) is 1.08. The van der Waals surface area contributed by atoms with Gasteiger partial charge in [0, 0.05) is 25.7 Å². The minimum absolute atomic E-state index is 0.389. The zero-order valence-corrected chi connectivity index (χ0v) is 12.0. The van der Waals surface area contributed by atoms with E-state index in [4.69, 9.17) is 5.11 Å². The maximum absolute atomic E-state index is 13.6. The Morgan fingerprint density at radius 3 is 2.57 bits per heavy atom. The van der Waals surface area contributed by atoms with Crippen LogP contribution >= 0.6 is 0 Å². The number of non-ortho nitro benzene ring substituents is 1. The van der Waals surface area contributed by atoms with Crippen molar-refractivity contribution in [3.05, 3.63) is 34.1 Å². The molecule has 0 aliphatic heterocycles. The van der Waals surface area contributed by atoms with Crippen molar-refractivity contribution in [2.75, 3.05) is 13.6 Å². The first-order valence-electron chi connectivity index (χ1n) is 5.70. The van der Waals surface area contributed by atoms with Crippen molar-refractivity contribution in [3.8, 4) is 0 Å². The highest BCUT2D eigenvalue weighted by Crippen LogP contribution is 2.24. The Labute approximate surface area is 120 Å². The molecule has 0 aromatic heterocycles. The summed E-state index contributed by atoms with van der Waals surface area (Å²) in [6, 6.07) is 2.13. The number of carboxylic acid groups (broad SMARTS) is 1. The van der Waals surface area contributed by atoms with E-state index in [9.17, 15) is 27.7 Å². The Morgan fingerprint density at radius 1 is 1.52 bits per heavy atom. The molecule has 21 heavy (non-hydrogen) atoms. The molecule has 1 rings (SSSR count). The Morgan fingerprint density at radius 2 is 2.10 bits per heavy atom. The van der Waals surface area contributed by atoms with Crippen LogP contribution in [0.3, 0.4) is 0 Å². The molecule has 1 atom stereocenters. The molecule has 1 unspecified atom stereocenters. The van der Waals surface area contributed by atoms with E-state index in [-0.39, 0.29) is 6.54 Å². The van der Waals surface area contributed by atoms with Crippen molar-refractivity contribution in [2.24, 2.45) is 5.92 Å². The van der Waals surface area contributed by atoms with Crippen LogP contribution in [0.4, 0.5) is 10.1 Å². The molecule has 0 bridgehead atoms. The standard InChI is InChI=1S/C11H13FN2O6S/c1-7(11(15)16)6-13(2)21(19,20)10-5-8(14(17)18)3-4-9(10)12/h3-5,7H,6H2,1-2H3,(H,15,16). The number of carbonyl (C=O) groups is 1. The number of hydrogen-bond donors (Lipinski definition) is 1. The van der Waals surface area contributed by atoms with Gasteiger partial charge in [0.15, 0.2) is 0 Å². The van der Waals surface area contributed by atoms with Gasteiger partial charge >= 0.3 is 5.97 Å². The summed E-state index contributed by atoms with van der Waals surface area (Å²) in [5.74, 6) is -3.36. The fourth-order valence-corrected chi connectivity index (χ4v) is 2.87. The maximum Gasteiger partial charge on any atom is 0.307 e. The van der Waals surface area contributed by atoms with E-state index in [1.54, 1.807) is 0 Å². The summed E-state index contributed by atoms with van der Waals surface area (Å²) in [4.78, 5) is 19.6. The van der Waals surface area contributed by atoms with Gasteiger partial charge < -0.3 is 5.11 Å². The van der Waals surface area contributed by atoms with Gasteiger partial charge in [0.2, 0.25) is 10.0 Å². The molecule has 8 nitrogen and oxygen atoms in total. The van der Waals surface area contributed by atoms with Crippen LogP contribution in [0, 0.1) is 21.8 Å². The smallest absolute Gasteiger partial charge is 0.307 e. The number of aliphatic carboxylic acids is 1. The molecule has 0 saturated carbocycles. The molecule has 0 heterocycles. The molecule has 0 saturated heterocycles.